The van der Waals surface area contributed by atoms with Gasteiger partial charge in [-0.05, 0) is 73.5 Å². The summed E-state index contributed by atoms with van der Waals surface area (Å²) in [6, 6.07) is 0.481. The second-order valence-corrected chi connectivity index (χ2v) is 9.47. The van der Waals surface area contributed by atoms with Crippen molar-refractivity contribution < 1.29 is 9.53 Å². The lowest BCUT2D eigenvalue weighted by Gasteiger charge is -2.61. The van der Waals surface area contributed by atoms with E-state index in [9.17, 15) is 4.79 Å². The minimum atomic E-state index is 0.345. The second kappa shape index (κ2) is 5.21. The van der Waals surface area contributed by atoms with Crippen LogP contribution in [0.15, 0.2) is 0 Å². The van der Waals surface area contributed by atoms with E-state index in [1.54, 1.807) is 0 Å². The first-order chi connectivity index (χ1) is 10.9. The zero-order chi connectivity index (χ0) is 16.4. The molecule has 3 aliphatic carbocycles. The van der Waals surface area contributed by atoms with Crippen molar-refractivity contribution in [2.45, 2.75) is 77.4 Å². The maximum Gasteiger partial charge on any atom is 0.222 e. The molecule has 1 saturated heterocycles. The van der Waals surface area contributed by atoms with Crippen LogP contribution in [0.4, 0.5) is 0 Å². The quantitative estimate of drug-likeness (QED) is 0.734. The fraction of sp³-hybridized carbons (Fsp3) is 0.950. The molecule has 130 valence electrons. The van der Waals surface area contributed by atoms with E-state index in [1.165, 1.54) is 38.5 Å². The van der Waals surface area contributed by atoms with Crippen LogP contribution in [-0.4, -0.2) is 37.1 Å². The summed E-state index contributed by atoms with van der Waals surface area (Å²) in [6.45, 7) is 5.03. The Morgan fingerprint density at radius 2 is 1.91 bits per heavy atom. The normalized spacial score (nSPS) is 52.8. The average molecular weight is 319 g/mol. The summed E-state index contributed by atoms with van der Waals surface area (Å²) >= 11 is 0. The van der Waals surface area contributed by atoms with Crippen LogP contribution in [0.1, 0.15) is 65.2 Å². The number of hydrogen-bond acceptors (Lipinski definition) is 2. The van der Waals surface area contributed by atoms with E-state index < -0.39 is 0 Å². The third-order valence-corrected chi connectivity index (χ3v) is 8.62. The van der Waals surface area contributed by atoms with Gasteiger partial charge in [0.15, 0.2) is 0 Å². The van der Waals surface area contributed by atoms with Gasteiger partial charge in [-0.2, -0.15) is 0 Å². The Morgan fingerprint density at radius 3 is 2.65 bits per heavy atom. The van der Waals surface area contributed by atoms with Gasteiger partial charge in [-0.3, -0.25) is 4.79 Å². The van der Waals surface area contributed by atoms with Crippen molar-refractivity contribution in [1.82, 2.24) is 4.90 Å². The number of methoxy groups -OCH3 is 1. The molecule has 0 aromatic rings. The summed E-state index contributed by atoms with van der Waals surface area (Å²) < 4.78 is 5.76. The molecular formula is C20H33NO2. The number of carbonyl (C=O) groups excluding carboxylic acids is 1. The number of hydrogen-bond donors (Lipinski definition) is 0. The highest BCUT2D eigenvalue weighted by Crippen LogP contribution is 2.64. The van der Waals surface area contributed by atoms with Crippen LogP contribution < -0.4 is 0 Å². The fourth-order valence-electron chi connectivity index (χ4n) is 7.32. The van der Waals surface area contributed by atoms with Gasteiger partial charge in [0.2, 0.25) is 5.91 Å². The van der Waals surface area contributed by atoms with E-state index in [4.69, 9.17) is 4.74 Å². The second-order valence-electron chi connectivity index (χ2n) is 9.47. The number of ether oxygens (including phenoxy) is 1. The van der Waals surface area contributed by atoms with Gasteiger partial charge in [0.05, 0.1) is 6.10 Å². The smallest absolute Gasteiger partial charge is 0.222 e. The summed E-state index contributed by atoms with van der Waals surface area (Å²) in [4.78, 5) is 14.3. The summed E-state index contributed by atoms with van der Waals surface area (Å²) in [5, 5.41) is 0. The predicted octanol–water partition coefficient (Wildman–Crippen LogP) is 3.86. The Hall–Kier alpha value is -0.570. The van der Waals surface area contributed by atoms with Gasteiger partial charge < -0.3 is 9.64 Å². The largest absolute Gasteiger partial charge is 0.381 e. The molecule has 0 bridgehead atoms. The van der Waals surface area contributed by atoms with Gasteiger partial charge >= 0.3 is 0 Å². The Bertz CT molecular complexity index is 506. The van der Waals surface area contributed by atoms with E-state index in [-0.39, 0.29) is 0 Å². The van der Waals surface area contributed by atoms with E-state index in [0.29, 0.717) is 28.9 Å². The van der Waals surface area contributed by atoms with Crippen LogP contribution >= 0.6 is 0 Å². The molecule has 3 saturated carbocycles. The lowest BCUT2D eigenvalue weighted by molar-refractivity contribution is -0.156. The maximum absolute atomic E-state index is 12.2. The van der Waals surface area contributed by atoms with Crippen molar-refractivity contribution >= 4 is 5.91 Å². The van der Waals surface area contributed by atoms with Crippen LogP contribution in [-0.2, 0) is 9.53 Å². The molecule has 4 aliphatic rings. The molecule has 0 aromatic carbocycles. The average Bonchev–Trinajstić information content (AvgIpc) is 2.88. The van der Waals surface area contributed by atoms with Crippen molar-refractivity contribution in [2.24, 2.45) is 28.6 Å². The third kappa shape index (κ3) is 2.14. The minimum absolute atomic E-state index is 0.345. The monoisotopic (exact) mass is 319 g/mol. The molecule has 0 aromatic heterocycles. The molecule has 0 spiro atoms. The van der Waals surface area contributed by atoms with Gasteiger partial charge in [0.25, 0.3) is 0 Å². The molecule has 0 radical (unpaired) electrons. The number of carbonyl (C=O) groups is 1. The Balaban J connectivity index is 1.63. The van der Waals surface area contributed by atoms with Crippen LogP contribution in [0, 0.1) is 28.6 Å². The standard InChI is InChI=1S/C20H33NO2/c1-19-9-7-15-14(16(19)11-13(12-19)23-4)5-6-17-20(15,2)10-8-18(22)21(17)3/h13-17H,5-12H2,1-4H3/t13-,14?,15-,16-,17+,19+,20+/m0/s1. The molecule has 1 unspecified atom stereocenters. The number of amides is 1. The molecule has 4 fully saturated rings. The lowest BCUT2D eigenvalue weighted by atomic mass is 9.47. The van der Waals surface area contributed by atoms with Gasteiger partial charge in [0.1, 0.15) is 0 Å². The fourth-order valence-corrected chi connectivity index (χ4v) is 7.32. The highest BCUT2D eigenvalue weighted by molar-refractivity contribution is 5.77. The first-order valence-electron chi connectivity index (χ1n) is 9.67. The van der Waals surface area contributed by atoms with Crippen molar-refractivity contribution in [3.8, 4) is 0 Å². The van der Waals surface area contributed by atoms with Crippen molar-refractivity contribution in [3.63, 3.8) is 0 Å². The highest BCUT2D eigenvalue weighted by atomic mass is 16.5. The van der Waals surface area contributed by atoms with Gasteiger partial charge in [0, 0.05) is 26.6 Å². The molecule has 3 nitrogen and oxygen atoms in total. The number of nitrogens with zero attached hydrogens (tertiary/aromatic N) is 1. The van der Waals surface area contributed by atoms with Gasteiger partial charge in [-0.1, -0.05) is 13.8 Å². The third-order valence-electron chi connectivity index (χ3n) is 8.62. The molecule has 3 heteroatoms. The van der Waals surface area contributed by atoms with Crippen LogP contribution in [0.2, 0.25) is 0 Å². The lowest BCUT2D eigenvalue weighted by Crippen LogP contribution is -2.61. The molecular weight excluding hydrogens is 286 g/mol. The van der Waals surface area contributed by atoms with Crippen molar-refractivity contribution in [1.29, 1.82) is 0 Å². The molecule has 0 N–H and O–H groups in total. The molecule has 1 heterocycles. The summed E-state index contributed by atoms with van der Waals surface area (Å²) in [7, 11) is 3.94. The SMILES string of the molecule is CO[C@H]1C[C@H]2C3CC[C@H]4N(C)C(=O)CC[C@]4(C)[C@H]3CC[C@]2(C)C1. The Morgan fingerprint density at radius 1 is 1.13 bits per heavy atom. The number of likely N-dealkylation sites (tertiary alicyclic amines) is 1. The summed E-state index contributed by atoms with van der Waals surface area (Å²) in [5.74, 6) is 2.88. The number of rotatable bonds is 1. The highest BCUT2D eigenvalue weighted by Gasteiger charge is 2.60. The first-order valence-corrected chi connectivity index (χ1v) is 9.67. The van der Waals surface area contributed by atoms with Gasteiger partial charge in [-0.25, -0.2) is 0 Å². The Labute approximate surface area is 141 Å². The molecule has 7 atom stereocenters. The summed E-state index contributed by atoms with van der Waals surface area (Å²) in [6.07, 6.45) is 10.1. The number of fused-ring (bicyclic) bond motifs is 5. The zero-order valence-electron chi connectivity index (χ0n) is 15.3. The molecule has 23 heavy (non-hydrogen) atoms. The zero-order valence-corrected chi connectivity index (χ0v) is 15.3. The first kappa shape index (κ1) is 15.9. The van der Waals surface area contributed by atoms with Crippen LogP contribution in [0.25, 0.3) is 0 Å². The Kier molecular flexibility index (Phi) is 3.61. The van der Waals surface area contributed by atoms with Crippen molar-refractivity contribution in [3.05, 3.63) is 0 Å². The summed E-state index contributed by atoms with van der Waals surface area (Å²) in [5.41, 5.74) is 0.847. The van der Waals surface area contributed by atoms with E-state index in [0.717, 1.165) is 30.6 Å². The molecule has 1 amide bonds. The van der Waals surface area contributed by atoms with Crippen LogP contribution in [0.5, 0.6) is 0 Å². The van der Waals surface area contributed by atoms with Gasteiger partial charge in [-0.15, -0.1) is 0 Å². The van der Waals surface area contributed by atoms with Crippen LogP contribution in [0.3, 0.4) is 0 Å². The minimum Gasteiger partial charge on any atom is -0.381 e. The molecule has 4 rings (SSSR count). The topological polar surface area (TPSA) is 29.5 Å². The maximum atomic E-state index is 12.2. The van der Waals surface area contributed by atoms with E-state index >= 15 is 0 Å². The molecule has 1 aliphatic heterocycles. The van der Waals surface area contributed by atoms with E-state index in [2.05, 4.69) is 18.7 Å². The van der Waals surface area contributed by atoms with E-state index in [1.807, 2.05) is 14.2 Å². The predicted molar refractivity (Wildman–Crippen MR) is 91.0 cm³/mol. The number of piperidine rings is 1. The van der Waals surface area contributed by atoms with Crippen molar-refractivity contribution in [2.75, 3.05) is 14.2 Å².